The second-order valence-electron chi connectivity index (χ2n) is 6.67. The number of carbonyl (C=O) groups excluding carboxylic acids is 2. The molecule has 2 aromatic rings. The highest BCUT2D eigenvalue weighted by atomic mass is 16.5. The lowest BCUT2D eigenvalue weighted by molar-refractivity contribution is 0.0282. The first-order valence-corrected chi connectivity index (χ1v) is 10.2. The van der Waals surface area contributed by atoms with Gasteiger partial charge in [0.2, 0.25) is 5.90 Å². The van der Waals surface area contributed by atoms with Gasteiger partial charge in [-0.1, -0.05) is 12.1 Å². The van der Waals surface area contributed by atoms with Gasteiger partial charge in [0.15, 0.2) is 0 Å². The zero-order chi connectivity index (χ0) is 22.1. The van der Waals surface area contributed by atoms with Crippen LogP contribution in [0.3, 0.4) is 0 Å². The fourth-order valence-electron chi connectivity index (χ4n) is 3.07. The first-order valence-electron chi connectivity index (χ1n) is 10.2. The molecular weight excluding hydrogens is 400 g/mol. The van der Waals surface area contributed by atoms with Gasteiger partial charge in [-0.3, -0.25) is 19.9 Å². The highest BCUT2D eigenvalue weighted by Crippen LogP contribution is 2.21. The van der Waals surface area contributed by atoms with Crippen molar-refractivity contribution in [2.24, 2.45) is 0 Å². The summed E-state index contributed by atoms with van der Waals surface area (Å²) in [7, 11) is 0. The van der Waals surface area contributed by atoms with Crippen molar-refractivity contribution in [3.8, 4) is 5.75 Å². The van der Waals surface area contributed by atoms with Gasteiger partial charge in [0.05, 0.1) is 50.7 Å². The lowest BCUT2D eigenvalue weighted by Crippen LogP contribution is -2.33. The molecular formula is C23H26N2O6. The highest BCUT2D eigenvalue weighted by Gasteiger charge is 2.34. The third-order valence-electron chi connectivity index (χ3n) is 4.61. The van der Waals surface area contributed by atoms with Crippen LogP contribution in [0.5, 0.6) is 5.75 Å². The van der Waals surface area contributed by atoms with Gasteiger partial charge in [0, 0.05) is 5.56 Å². The molecule has 1 aliphatic heterocycles. The molecule has 31 heavy (non-hydrogen) atoms. The third-order valence-corrected chi connectivity index (χ3v) is 4.61. The fourth-order valence-corrected chi connectivity index (χ4v) is 3.07. The molecule has 1 heterocycles. The number of rotatable bonds is 12. The largest absolute Gasteiger partial charge is 0.491 e. The lowest BCUT2D eigenvalue weighted by Gasteiger charge is -2.14. The summed E-state index contributed by atoms with van der Waals surface area (Å²) in [6.07, 6.45) is 0. The Balaban J connectivity index is 1.24. The quantitative estimate of drug-likeness (QED) is 0.243. The second-order valence-corrected chi connectivity index (χ2v) is 6.67. The molecule has 1 aliphatic rings. The number of fused-ring (bicyclic) bond motifs is 1. The maximum atomic E-state index is 12.2. The molecule has 0 aromatic heterocycles. The van der Waals surface area contributed by atoms with E-state index in [2.05, 4.69) is 0 Å². The van der Waals surface area contributed by atoms with Crippen LogP contribution in [0.4, 0.5) is 0 Å². The number of ether oxygens (including phenoxy) is 4. The summed E-state index contributed by atoms with van der Waals surface area (Å²) in [5.74, 6) is 0.273. The van der Waals surface area contributed by atoms with Crippen LogP contribution in [-0.4, -0.2) is 68.8 Å². The van der Waals surface area contributed by atoms with Crippen molar-refractivity contribution in [2.75, 3.05) is 46.2 Å². The maximum Gasteiger partial charge on any atom is 0.261 e. The molecule has 0 atom stereocenters. The Morgan fingerprint density at radius 1 is 0.839 bits per heavy atom. The molecule has 0 bridgehead atoms. The number of nitrogens with zero attached hydrogens (tertiary/aromatic N) is 1. The van der Waals surface area contributed by atoms with Gasteiger partial charge >= 0.3 is 0 Å². The van der Waals surface area contributed by atoms with E-state index in [4.69, 9.17) is 24.4 Å². The van der Waals surface area contributed by atoms with Gasteiger partial charge in [0.25, 0.3) is 11.8 Å². The Hall–Kier alpha value is -3.23. The summed E-state index contributed by atoms with van der Waals surface area (Å²) in [5.41, 5.74) is 1.58. The molecule has 0 saturated carbocycles. The molecule has 0 saturated heterocycles. The van der Waals surface area contributed by atoms with Crippen LogP contribution >= 0.6 is 0 Å². The summed E-state index contributed by atoms with van der Waals surface area (Å²) < 4.78 is 21.7. The number of hydrogen-bond donors (Lipinski definition) is 1. The van der Waals surface area contributed by atoms with Crippen molar-refractivity contribution >= 4 is 17.7 Å². The van der Waals surface area contributed by atoms with E-state index >= 15 is 0 Å². The minimum Gasteiger partial charge on any atom is -0.491 e. The number of carbonyl (C=O) groups is 2. The summed E-state index contributed by atoms with van der Waals surface area (Å²) in [4.78, 5) is 25.7. The van der Waals surface area contributed by atoms with Crippen LogP contribution in [0, 0.1) is 5.41 Å². The number of amides is 2. The smallest absolute Gasteiger partial charge is 0.261 e. The summed E-state index contributed by atoms with van der Waals surface area (Å²) in [6.45, 7) is 4.30. The molecule has 2 aromatic carbocycles. The molecule has 0 aliphatic carbocycles. The summed E-state index contributed by atoms with van der Waals surface area (Å²) >= 11 is 0. The first kappa shape index (κ1) is 22.5. The van der Waals surface area contributed by atoms with Crippen LogP contribution in [0.15, 0.2) is 48.5 Å². The number of hydrogen-bond acceptors (Lipinski definition) is 7. The number of imide groups is 1. The van der Waals surface area contributed by atoms with Gasteiger partial charge in [-0.2, -0.15) is 0 Å². The molecule has 2 amide bonds. The van der Waals surface area contributed by atoms with Crippen LogP contribution in [0.1, 0.15) is 33.2 Å². The Morgan fingerprint density at radius 2 is 1.42 bits per heavy atom. The Kier molecular flexibility index (Phi) is 8.14. The van der Waals surface area contributed by atoms with E-state index in [9.17, 15) is 9.59 Å². The second kappa shape index (κ2) is 11.2. The molecule has 0 unspecified atom stereocenters. The Labute approximate surface area is 181 Å². The van der Waals surface area contributed by atoms with Crippen LogP contribution in [-0.2, 0) is 14.2 Å². The molecule has 0 radical (unpaired) electrons. The zero-order valence-electron chi connectivity index (χ0n) is 17.5. The highest BCUT2D eigenvalue weighted by molar-refractivity contribution is 6.21. The number of benzene rings is 2. The van der Waals surface area contributed by atoms with Gasteiger partial charge in [0.1, 0.15) is 12.4 Å². The van der Waals surface area contributed by atoms with E-state index in [-0.39, 0.29) is 30.9 Å². The normalized spacial score (nSPS) is 12.7. The van der Waals surface area contributed by atoms with E-state index in [0.717, 1.165) is 0 Å². The molecule has 8 nitrogen and oxygen atoms in total. The third kappa shape index (κ3) is 5.90. The standard InChI is InChI=1S/C23H26N2O6/c1-2-30-21(24)17-7-9-18(10-8-17)31-16-15-29-14-13-28-12-11-25-22(26)19-5-3-4-6-20(19)23(25)27/h3-10,24H,2,11-16H2,1H3. The average molecular weight is 426 g/mol. The van der Waals surface area contributed by atoms with E-state index < -0.39 is 0 Å². The van der Waals surface area contributed by atoms with Crippen LogP contribution in [0.2, 0.25) is 0 Å². The van der Waals surface area contributed by atoms with Crippen molar-refractivity contribution in [1.29, 1.82) is 5.41 Å². The topological polar surface area (TPSA) is 98.2 Å². The molecule has 3 rings (SSSR count). The average Bonchev–Trinajstić information content (AvgIpc) is 3.03. The predicted molar refractivity (Wildman–Crippen MR) is 114 cm³/mol. The van der Waals surface area contributed by atoms with Gasteiger partial charge in [-0.25, -0.2) is 0 Å². The van der Waals surface area contributed by atoms with Crippen LogP contribution in [0.25, 0.3) is 0 Å². The maximum absolute atomic E-state index is 12.2. The number of nitrogens with one attached hydrogen (secondary N) is 1. The Bertz CT molecular complexity index is 878. The lowest BCUT2D eigenvalue weighted by atomic mass is 10.1. The van der Waals surface area contributed by atoms with Crippen LogP contribution < -0.4 is 4.74 Å². The molecule has 1 N–H and O–H groups in total. The fraction of sp³-hybridized carbons (Fsp3) is 0.348. The molecule has 8 heteroatoms. The van der Waals surface area contributed by atoms with Gasteiger partial charge < -0.3 is 18.9 Å². The van der Waals surface area contributed by atoms with Gasteiger partial charge in [-0.05, 0) is 43.3 Å². The SMILES string of the molecule is CCOC(=N)c1ccc(OCCOCCOCCN2C(=O)c3ccccc3C2=O)cc1. The first-order chi connectivity index (χ1) is 15.1. The Morgan fingerprint density at radius 3 is 2.03 bits per heavy atom. The van der Waals surface area contributed by atoms with Crippen molar-refractivity contribution < 1.29 is 28.5 Å². The minimum absolute atomic E-state index is 0.139. The summed E-state index contributed by atoms with van der Waals surface area (Å²) in [5, 5.41) is 7.73. The van der Waals surface area contributed by atoms with Gasteiger partial charge in [-0.15, -0.1) is 0 Å². The van der Waals surface area contributed by atoms with Crippen molar-refractivity contribution in [1.82, 2.24) is 4.90 Å². The van der Waals surface area contributed by atoms with Crippen molar-refractivity contribution in [3.05, 3.63) is 65.2 Å². The van der Waals surface area contributed by atoms with E-state index in [0.29, 0.717) is 55.5 Å². The minimum atomic E-state index is -0.277. The van der Waals surface area contributed by atoms with E-state index in [1.165, 1.54) is 4.90 Å². The molecule has 0 spiro atoms. The van der Waals surface area contributed by atoms with E-state index in [1.807, 2.05) is 6.92 Å². The molecule has 0 fully saturated rings. The van der Waals surface area contributed by atoms with Crippen molar-refractivity contribution in [3.63, 3.8) is 0 Å². The van der Waals surface area contributed by atoms with Crippen molar-refractivity contribution in [2.45, 2.75) is 6.92 Å². The van der Waals surface area contributed by atoms with E-state index in [1.54, 1.807) is 48.5 Å². The zero-order valence-corrected chi connectivity index (χ0v) is 17.5. The predicted octanol–water partition coefficient (Wildman–Crippen LogP) is 2.76. The summed E-state index contributed by atoms with van der Waals surface area (Å²) in [6, 6.07) is 13.9. The molecule has 164 valence electrons. The monoisotopic (exact) mass is 426 g/mol.